The molecule has 0 saturated carbocycles. The molecule has 1 aliphatic heterocycles. The maximum Gasteiger partial charge on any atom is 0.230 e. The monoisotopic (exact) mass is 314 g/mol. The van der Waals surface area contributed by atoms with Gasteiger partial charge in [-0.05, 0) is 31.5 Å². The minimum absolute atomic E-state index is 0.564. The number of likely N-dealkylation sites (tertiary alicyclic amines) is 1. The molecule has 3 rings (SSSR count). The SMILES string of the molecule is Cc1nnc(CN(C)[C@H]2CCN(Cc3ccccc3)C[C@@H]2C)o1. The second-order valence-corrected chi connectivity index (χ2v) is 6.68. The molecule has 23 heavy (non-hydrogen) atoms. The van der Waals surface area contributed by atoms with Gasteiger partial charge in [0.1, 0.15) is 0 Å². The highest BCUT2D eigenvalue weighted by molar-refractivity contribution is 5.14. The van der Waals surface area contributed by atoms with Crippen LogP contribution in [0.1, 0.15) is 30.7 Å². The molecular formula is C18H26N4O. The molecule has 0 radical (unpaired) electrons. The number of hydrogen-bond donors (Lipinski definition) is 0. The van der Waals surface area contributed by atoms with Crippen LogP contribution in [0, 0.1) is 12.8 Å². The Bertz CT molecular complexity index is 612. The second kappa shape index (κ2) is 7.23. The lowest BCUT2D eigenvalue weighted by molar-refractivity contribution is 0.0672. The van der Waals surface area contributed by atoms with E-state index in [-0.39, 0.29) is 0 Å². The van der Waals surface area contributed by atoms with Gasteiger partial charge in [-0.3, -0.25) is 9.80 Å². The summed E-state index contributed by atoms with van der Waals surface area (Å²) in [7, 11) is 2.16. The van der Waals surface area contributed by atoms with E-state index in [0.717, 1.165) is 26.2 Å². The van der Waals surface area contributed by atoms with Gasteiger partial charge < -0.3 is 4.42 Å². The summed E-state index contributed by atoms with van der Waals surface area (Å²) < 4.78 is 5.51. The molecule has 1 aromatic heterocycles. The van der Waals surface area contributed by atoms with Crippen molar-refractivity contribution in [2.45, 2.75) is 39.4 Å². The van der Waals surface area contributed by atoms with Crippen molar-refractivity contribution in [1.82, 2.24) is 20.0 Å². The summed E-state index contributed by atoms with van der Waals surface area (Å²) in [6.07, 6.45) is 1.18. The normalized spacial score (nSPS) is 22.6. The first-order valence-electron chi connectivity index (χ1n) is 8.37. The Morgan fingerprint density at radius 3 is 2.70 bits per heavy atom. The van der Waals surface area contributed by atoms with E-state index < -0.39 is 0 Å². The lowest BCUT2D eigenvalue weighted by atomic mass is 9.92. The van der Waals surface area contributed by atoms with Crippen LogP contribution in [0.5, 0.6) is 0 Å². The highest BCUT2D eigenvalue weighted by Gasteiger charge is 2.29. The Balaban J connectivity index is 1.53. The molecule has 5 nitrogen and oxygen atoms in total. The van der Waals surface area contributed by atoms with Crippen LogP contribution in [0.3, 0.4) is 0 Å². The number of piperidine rings is 1. The van der Waals surface area contributed by atoms with E-state index in [2.05, 4.69) is 64.3 Å². The van der Waals surface area contributed by atoms with Gasteiger partial charge in [0.15, 0.2) is 0 Å². The number of nitrogens with zero attached hydrogens (tertiary/aromatic N) is 4. The van der Waals surface area contributed by atoms with Gasteiger partial charge >= 0.3 is 0 Å². The van der Waals surface area contributed by atoms with Crippen molar-refractivity contribution in [1.29, 1.82) is 0 Å². The van der Waals surface area contributed by atoms with Gasteiger partial charge in [-0.25, -0.2) is 0 Å². The predicted octanol–water partition coefficient (Wildman–Crippen LogP) is 2.72. The summed E-state index contributed by atoms with van der Waals surface area (Å²) in [6, 6.07) is 11.3. The van der Waals surface area contributed by atoms with Crippen LogP contribution < -0.4 is 0 Å². The Morgan fingerprint density at radius 1 is 1.26 bits per heavy atom. The lowest BCUT2D eigenvalue weighted by Gasteiger charge is -2.41. The van der Waals surface area contributed by atoms with Gasteiger partial charge in [-0.15, -0.1) is 10.2 Å². The summed E-state index contributed by atoms with van der Waals surface area (Å²) in [5.41, 5.74) is 1.40. The zero-order chi connectivity index (χ0) is 16.2. The minimum atomic E-state index is 0.564. The van der Waals surface area contributed by atoms with Crippen molar-refractivity contribution >= 4 is 0 Å². The Kier molecular flexibility index (Phi) is 5.08. The van der Waals surface area contributed by atoms with E-state index in [4.69, 9.17) is 4.42 Å². The number of benzene rings is 1. The number of aromatic nitrogens is 2. The fraction of sp³-hybridized carbons (Fsp3) is 0.556. The van der Waals surface area contributed by atoms with Gasteiger partial charge in [0.25, 0.3) is 0 Å². The first-order valence-corrected chi connectivity index (χ1v) is 8.37. The molecule has 1 saturated heterocycles. The molecule has 2 aromatic rings. The van der Waals surface area contributed by atoms with E-state index in [1.807, 2.05) is 6.92 Å². The van der Waals surface area contributed by atoms with E-state index in [9.17, 15) is 0 Å². The number of rotatable bonds is 5. The molecule has 0 aliphatic carbocycles. The van der Waals surface area contributed by atoms with Crippen LogP contribution in [0.25, 0.3) is 0 Å². The second-order valence-electron chi connectivity index (χ2n) is 6.68. The molecule has 124 valence electrons. The molecule has 1 aliphatic rings. The van der Waals surface area contributed by atoms with E-state index in [1.54, 1.807) is 0 Å². The summed E-state index contributed by atoms with van der Waals surface area (Å²) in [4.78, 5) is 4.92. The van der Waals surface area contributed by atoms with Crippen LogP contribution in [-0.4, -0.2) is 46.2 Å². The maximum atomic E-state index is 5.51. The summed E-state index contributed by atoms with van der Waals surface area (Å²) in [5.74, 6) is 1.98. The molecule has 1 fully saturated rings. The van der Waals surface area contributed by atoms with Crippen molar-refractivity contribution in [3.63, 3.8) is 0 Å². The van der Waals surface area contributed by atoms with Gasteiger partial charge in [0, 0.05) is 26.1 Å². The molecule has 0 N–H and O–H groups in total. The fourth-order valence-electron chi connectivity index (χ4n) is 3.59. The highest BCUT2D eigenvalue weighted by Crippen LogP contribution is 2.23. The molecule has 0 bridgehead atoms. The summed E-state index contributed by atoms with van der Waals surface area (Å²) in [5, 5.41) is 8.02. The standard InChI is InChI=1S/C18H26N4O/c1-14-11-22(12-16-7-5-4-6-8-16)10-9-17(14)21(3)13-18-20-19-15(2)23-18/h4-8,14,17H,9-13H2,1-3H3/t14-,17-/m0/s1. The average Bonchev–Trinajstić information content (AvgIpc) is 2.93. The van der Waals surface area contributed by atoms with Crippen molar-refractivity contribution in [2.75, 3.05) is 20.1 Å². The molecule has 2 heterocycles. The quantitative estimate of drug-likeness (QED) is 0.849. The first kappa shape index (κ1) is 16.1. The van der Waals surface area contributed by atoms with E-state index in [0.29, 0.717) is 23.7 Å². The van der Waals surface area contributed by atoms with Crippen LogP contribution in [0.15, 0.2) is 34.7 Å². The van der Waals surface area contributed by atoms with Crippen molar-refractivity contribution in [3.8, 4) is 0 Å². The number of aryl methyl sites for hydroxylation is 1. The smallest absolute Gasteiger partial charge is 0.230 e. The highest BCUT2D eigenvalue weighted by atomic mass is 16.4. The summed E-state index contributed by atoms with van der Waals surface area (Å²) in [6.45, 7) is 8.22. The molecule has 0 spiro atoms. The molecule has 0 unspecified atom stereocenters. The van der Waals surface area contributed by atoms with Gasteiger partial charge in [0.2, 0.25) is 11.8 Å². The molecule has 0 amide bonds. The van der Waals surface area contributed by atoms with Crippen LogP contribution in [-0.2, 0) is 13.1 Å². The van der Waals surface area contributed by atoms with E-state index >= 15 is 0 Å². The molecule has 5 heteroatoms. The van der Waals surface area contributed by atoms with Crippen molar-refractivity contribution in [2.24, 2.45) is 5.92 Å². The summed E-state index contributed by atoms with van der Waals surface area (Å²) >= 11 is 0. The largest absolute Gasteiger partial charge is 0.424 e. The number of hydrogen-bond acceptors (Lipinski definition) is 5. The predicted molar refractivity (Wildman–Crippen MR) is 89.8 cm³/mol. The zero-order valence-electron chi connectivity index (χ0n) is 14.3. The van der Waals surface area contributed by atoms with Crippen molar-refractivity contribution < 1.29 is 4.42 Å². The third-order valence-corrected chi connectivity index (χ3v) is 4.71. The van der Waals surface area contributed by atoms with Crippen LogP contribution in [0.2, 0.25) is 0 Å². The molecular weight excluding hydrogens is 288 g/mol. The lowest BCUT2D eigenvalue weighted by Crippen LogP contribution is -2.48. The first-order chi connectivity index (χ1) is 11.1. The minimum Gasteiger partial charge on any atom is -0.424 e. The Hall–Kier alpha value is -1.72. The fourth-order valence-corrected chi connectivity index (χ4v) is 3.59. The molecule has 2 atom stereocenters. The maximum absolute atomic E-state index is 5.51. The zero-order valence-corrected chi connectivity index (χ0v) is 14.3. The van der Waals surface area contributed by atoms with Gasteiger partial charge in [0.05, 0.1) is 6.54 Å². The Morgan fingerprint density at radius 2 is 2.04 bits per heavy atom. The van der Waals surface area contributed by atoms with Crippen LogP contribution in [0.4, 0.5) is 0 Å². The van der Waals surface area contributed by atoms with Gasteiger partial charge in [-0.2, -0.15) is 0 Å². The third kappa shape index (κ3) is 4.18. The average molecular weight is 314 g/mol. The Labute approximate surface area is 138 Å². The molecule has 1 aromatic carbocycles. The topological polar surface area (TPSA) is 45.4 Å². The van der Waals surface area contributed by atoms with Crippen molar-refractivity contribution in [3.05, 3.63) is 47.7 Å². The van der Waals surface area contributed by atoms with E-state index in [1.165, 1.54) is 12.0 Å². The van der Waals surface area contributed by atoms with Crippen LogP contribution >= 0.6 is 0 Å². The third-order valence-electron chi connectivity index (χ3n) is 4.71. The van der Waals surface area contributed by atoms with Gasteiger partial charge in [-0.1, -0.05) is 37.3 Å².